The molecule has 4 aromatic carbocycles. The van der Waals surface area contributed by atoms with Crippen LogP contribution < -0.4 is 0 Å². The van der Waals surface area contributed by atoms with E-state index in [9.17, 15) is 19.2 Å². The first-order valence-corrected chi connectivity index (χ1v) is 16.9. The van der Waals surface area contributed by atoms with Gasteiger partial charge in [-0.1, -0.05) is 127 Å². The zero-order chi connectivity index (χ0) is 33.5. The van der Waals surface area contributed by atoms with Crippen LogP contribution in [-0.4, -0.2) is 44.7 Å². The Hall–Kier alpha value is -4.95. The van der Waals surface area contributed by atoms with Crippen molar-refractivity contribution in [2.45, 2.75) is 49.1 Å². The minimum Gasteiger partial charge on any atom is -0.457 e. The van der Waals surface area contributed by atoms with Crippen molar-refractivity contribution in [3.8, 4) is 0 Å². The highest BCUT2D eigenvalue weighted by molar-refractivity contribution is 8.01. The summed E-state index contributed by atoms with van der Waals surface area (Å²) >= 11 is 1.48. The maximum Gasteiger partial charge on any atom is 0.334 e. The van der Waals surface area contributed by atoms with Crippen molar-refractivity contribution in [2.24, 2.45) is 11.3 Å². The van der Waals surface area contributed by atoms with Crippen LogP contribution in [0, 0.1) is 11.3 Å². The Labute approximate surface area is 283 Å². The lowest BCUT2D eigenvalue weighted by Crippen LogP contribution is -2.71. The number of Topliss-reactive ketones (excluding diaryl/α,β-unsaturated/α-hetero) is 1. The highest BCUT2D eigenvalue weighted by Gasteiger charge is 2.76. The number of benzene rings is 4. The number of β-lactam (4-membered cyclic amide) rings is 1. The number of amides is 1. The summed E-state index contributed by atoms with van der Waals surface area (Å²) in [7, 11) is 0. The lowest BCUT2D eigenvalue weighted by molar-refractivity contribution is -0.179. The van der Waals surface area contributed by atoms with E-state index in [0.717, 1.165) is 16.7 Å². The average Bonchev–Trinajstić information content (AvgIpc) is 3.66. The number of ether oxygens (including phenoxy) is 2. The fourth-order valence-corrected chi connectivity index (χ4v) is 9.09. The van der Waals surface area contributed by atoms with Crippen molar-refractivity contribution in [1.29, 1.82) is 0 Å². The number of hydrogen-bond acceptors (Lipinski definition) is 7. The molecule has 48 heavy (non-hydrogen) atoms. The van der Waals surface area contributed by atoms with Gasteiger partial charge in [-0.2, -0.15) is 0 Å². The Morgan fingerprint density at radius 2 is 1.35 bits per heavy atom. The SMILES string of the molecule is CC1(C)S[C@H]2N(C(=O)C23CC=C(C(=O)OCc2ccccc2)[C@@H]3C(=O)c2ccccc2)[C@H]1C(=O)OC(c1ccccc1)c1ccccc1. The second kappa shape index (κ2) is 12.6. The van der Waals surface area contributed by atoms with Crippen molar-refractivity contribution in [1.82, 2.24) is 4.90 Å². The molecule has 7 nitrogen and oxygen atoms in total. The van der Waals surface area contributed by atoms with Gasteiger partial charge in [-0.3, -0.25) is 9.59 Å². The van der Waals surface area contributed by atoms with Crippen molar-refractivity contribution >= 4 is 35.4 Å². The lowest BCUT2D eigenvalue weighted by Gasteiger charge is -2.54. The largest absolute Gasteiger partial charge is 0.457 e. The van der Waals surface area contributed by atoms with Gasteiger partial charge in [0.05, 0.1) is 16.7 Å². The molecule has 0 N–H and O–H groups in total. The number of rotatable bonds is 9. The number of ketones is 1. The summed E-state index contributed by atoms with van der Waals surface area (Å²) in [6, 6.07) is 36.2. The quantitative estimate of drug-likeness (QED) is 0.109. The molecule has 0 saturated carbocycles. The van der Waals surface area contributed by atoms with Crippen molar-refractivity contribution in [3.63, 3.8) is 0 Å². The van der Waals surface area contributed by atoms with E-state index in [4.69, 9.17) is 9.47 Å². The number of allylic oxidation sites excluding steroid dienone is 1. The zero-order valence-corrected chi connectivity index (χ0v) is 27.5. The van der Waals surface area contributed by atoms with Crippen LogP contribution in [0.1, 0.15) is 53.4 Å². The number of thioether (sulfide) groups is 1. The van der Waals surface area contributed by atoms with E-state index in [-0.39, 0.29) is 30.3 Å². The molecule has 2 fully saturated rings. The molecule has 1 aliphatic carbocycles. The van der Waals surface area contributed by atoms with Crippen LogP contribution in [0.25, 0.3) is 0 Å². The molecule has 0 aromatic heterocycles. The molecule has 7 rings (SSSR count). The predicted molar refractivity (Wildman–Crippen MR) is 183 cm³/mol. The number of carbonyl (C=O) groups excluding carboxylic acids is 4. The summed E-state index contributed by atoms with van der Waals surface area (Å²) in [6.45, 7) is 3.89. The first kappa shape index (κ1) is 31.6. The minimum absolute atomic E-state index is 0.0411. The third-order valence-electron chi connectivity index (χ3n) is 9.59. The molecule has 0 bridgehead atoms. The summed E-state index contributed by atoms with van der Waals surface area (Å²) < 4.78 is 11.2. The van der Waals surface area contributed by atoms with Gasteiger partial charge >= 0.3 is 11.9 Å². The summed E-state index contributed by atoms with van der Waals surface area (Å²) in [6.07, 6.45) is 1.21. The monoisotopic (exact) mass is 657 g/mol. The Bertz CT molecular complexity index is 1840. The van der Waals surface area contributed by atoms with Crippen LogP contribution in [0.3, 0.4) is 0 Å². The van der Waals surface area contributed by atoms with Crippen molar-refractivity contribution in [2.75, 3.05) is 0 Å². The highest BCUT2D eigenvalue weighted by atomic mass is 32.2. The minimum atomic E-state index is -1.23. The van der Waals surface area contributed by atoms with Gasteiger partial charge in [-0.05, 0) is 37.0 Å². The first-order chi connectivity index (χ1) is 23.2. The van der Waals surface area contributed by atoms with Gasteiger partial charge in [-0.15, -0.1) is 11.8 Å². The molecular formula is C40H35NO6S. The molecule has 242 valence electrons. The second-order valence-corrected chi connectivity index (χ2v) is 14.7. The van der Waals surface area contributed by atoms with E-state index in [0.29, 0.717) is 5.56 Å². The number of nitrogens with zero attached hydrogens (tertiary/aromatic N) is 1. The molecular weight excluding hydrogens is 623 g/mol. The topological polar surface area (TPSA) is 90.0 Å². The number of hydrogen-bond donors (Lipinski definition) is 0. The van der Waals surface area contributed by atoms with Crippen molar-refractivity contribution in [3.05, 3.63) is 155 Å². The van der Waals surface area contributed by atoms with Crippen LogP contribution >= 0.6 is 11.8 Å². The molecule has 4 aromatic rings. The van der Waals surface area contributed by atoms with Crippen LogP contribution in [-0.2, 0) is 30.5 Å². The predicted octanol–water partition coefficient (Wildman–Crippen LogP) is 6.94. The molecule has 2 heterocycles. The van der Waals surface area contributed by atoms with E-state index in [2.05, 4.69) is 0 Å². The van der Waals surface area contributed by atoms with Gasteiger partial charge in [0, 0.05) is 15.9 Å². The van der Waals surface area contributed by atoms with Gasteiger partial charge in [-0.25, -0.2) is 9.59 Å². The van der Waals surface area contributed by atoms with Crippen molar-refractivity contribution < 1.29 is 28.7 Å². The van der Waals surface area contributed by atoms with E-state index in [1.54, 1.807) is 35.2 Å². The first-order valence-electron chi connectivity index (χ1n) is 16.0. The molecule has 1 amide bonds. The number of fused-ring (bicyclic) bond motifs is 2. The maximum atomic E-state index is 14.6. The number of carbonyl (C=O) groups is 4. The van der Waals surface area contributed by atoms with Gasteiger partial charge in [0.2, 0.25) is 5.91 Å². The Morgan fingerprint density at radius 3 is 1.94 bits per heavy atom. The maximum absolute atomic E-state index is 14.6. The zero-order valence-electron chi connectivity index (χ0n) is 26.7. The van der Waals surface area contributed by atoms with E-state index in [1.807, 2.05) is 111 Å². The Morgan fingerprint density at radius 1 is 0.812 bits per heavy atom. The smallest absolute Gasteiger partial charge is 0.334 e. The molecule has 1 unspecified atom stereocenters. The van der Waals surface area contributed by atoms with E-state index < -0.39 is 45.5 Å². The second-order valence-electron chi connectivity index (χ2n) is 13.0. The van der Waals surface area contributed by atoms with Crippen LogP contribution in [0.15, 0.2) is 133 Å². The Kier molecular flexibility index (Phi) is 8.29. The molecule has 8 heteroatoms. The van der Waals surface area contributed by atoms with Gasteiger partial charge in [0.15, 0.2) is 11.9 Å². The van der Waals surface area contributed by atoms with Crippen LogP contribution in [0.5, 0.6) is 0 Å². The lowest BCUT2D eigenvalue weighted by atomic mass is 9.64. The summed E-state index contributed by atoms with van der Waals surface area (Å²) in [4.78, 5) is 58.3. The fraction of sp³-hybridized carbons (Fsp3) is 0.250. The fourth-order valence-electron chi connectivity index (χ4n) is 7.30. The summed E-state index contributed by atoms with van der Waals surface area (Å²) in [5, 5.41) is -0.530. The van der Waals surface area contributed by atoms with E-state index in [1.165, 1.54) is 11.8 Å². The normalized spacial score (nSPS) is 23.7. The highest BCUT2D eigenvalue weighted by Crippen LogP contribution is 2.66. The summed E-state index contributed by atoms with van der Waals surface area (Å²) in [5.74, 6) is -2.85. The molecule has 0 radical (unpaired) electrons. The molecule has 3 aliphatic rings. The van der Waals surface area contributed by atoms with Crippen LogP contribution in [0.4, 0.5) is 0 Å². The molecule has 2 saturated heterocycles. The standard InChI is InChI=1S/C40H35NO6S/c1-39(2)34(36(44)47-33(28-19-11-5-12-20-28)29-21-13-6-14-22-29)41-37(45)40(38(41)48-39)24-23-30(31(40)32(42)27-17-9-4-10-18-27)35(43)46-25-26-15-7-3-8-16-26/h3-23,31,33-34,38H,24-25H2,1-2H3/t31-,34+,38-,40?/m1/s1. The van der Waals surface area contributed by atoms with Gasteiger partial charge < -0.3 is 14.4 Å². The average molecular weight is 658 g/mol. The van der Waals surface area contributed by atoms with Crippen LogP contribution in [0.2, 0.25) is 0 Å². The third-order valence-corrected chi connectivity index (χ3v) is 11.3. The Balaban J connectivity index is 1.19. The van der Waals surface area contributed by atoms with E-state index >= 15 is 0 Å². The molecule has 2 aliphatic heterocycles. The molecule has 1 spiro atoms. The third kappa shape index (κ3) is 5.34. The van der Waals surface area contributed by atoms with Gasteiger partial charge in [0.1, 0.15) is 12.6 Å². The summed E-state index contributed by atoms with van der Waals surface area (Å²) in [5.41, 5.74) is 1.80. The van der Waals surface area contributed by atoms with Gasteiger partial charge in [0.25, 0.3) is 0 Å². The number of esters is 2. The molecule has 4 atom stereocenters.